The van der Waals surface area contributed by atoms with Crippen LogP contribution in [-0.2, 0) is 18.5 Å². The standard InChI is InChI=1S/C17H25N5O2S/c1-12(2)18-15(23)10-20(3)11-22-17(25)21(4)16(19-22)13-6-8-14(24-5)9-7-13/h6-9,12H,10-11H2,1-5H3,(H,18,23). The lowest BCUT2D eigenvalue weighted by molar-refractivity contribution is -0.122. The molecular weight excluding hydrogens is 338 g/mol. The molecule has 0 saturated heterocycles. The lowest BCUT2D eigenvalue weighted by atomic mass is 10.2. The molecule has 0 bridgehead atoms. The van der Waals surface area contributed by atoms with Gasteiger partial charge in [-0.3, -0.25) is 9.69 Å². The highest BCUT2D eigenvalue weighted by Gasteiger charge is 2.13. The van der Waals surface area contributed by atoms with Gasteiger partial charge in [-0.2, -0.15) is 5.10 Å². The second kappa shape index (κ2) is 8.26. The molecule has 0 spiro atoms. The summed E-state index contributed by atoms with van der Waals surface area (Å²) in [4.78, 5) is 13.7. The molecule has 0 fully saturated rings. The van der Waals surface area contributed by atoms with E-state index in [4.69, 9.17) is 17.0 Å². The van der Waals surface area contributed by atoms with Crippen molar-refractivity contribution in [2.45, 2.75) is 26.6 Å². The summed E-state index contributed by atoms with van der Waals surface area (Å²) in [7, 11) is 5.39. The molecule has 0 aliphatic rings. The Kier molecular flexibility index (Phi) is 6.33. The van der Waals surface area contributed by atoms with Gasteiger partial charge < -0.3 is 14.6 Å². The second-order valence-corrected chi connectivity index (χ2v) is 6.64. The molecular formula is C17H25N5O2S. The molecule has 1 amide bonds. The van der Waals surface area contributed by atoms with Gasteiger partial charge in [-0.1, -0.05) is 0 Å². The van der Waals surface area contributed by atoms with E-state index >= 15 is 0 Å². The van der Waals surface area contributed by atoms with E-state index in [2.05, 4.69) is 10.4 Å². The molecule has 2 aromatic rings. The average molecular weight is 363 g/mol. The van der Waals surface area contributed by atoms with Crippen molar-refractivity contribution in [2.75, 3.05) is 20.7 Å². The molecule has 7 nitrogen and oxygen atoms in total. The third-order valence-corrected chi connectivity index (χ3v) is 4.11. The molecule has 0 atom stereocenters. The monoisotopic (exact) mass is 363 g/mol. The van der Waals surface area contributed by atoms with Crippen molar-refractivity contribution in [1.29, 1.82) is 0 Å². The zero-order valence-electron chi connectivity index (χ0n) is 15.3. The highest BCUT2D eigenvalue weighted by molar-refractivity contribution is 7.71. The van der Waals surface area contributed by atoms with Crippen LogP contribution >= 0.6 is 12.2 Å². The first-order valence-corrected chi connectivity index (χ1v) is 8.48. The number of rotatable bonds is 7. The lowest BCUT2D eigenvalue weighted by Crippen LogP contribution is -2.39. The van der Waals surface area contributed by atoms with Crippen molar-refractivity contribution in [3.05, 3.63) is 29.0 Å². The van der Waals surface area contributed by atoms with Crippen molar-refractivity contribution in [1.82, 2.24) is 24.6 Å². The van der Waals surface area contributed by atoms with E-state index in [0.717, 1.165) is 17.1 Å². The van der Waals surface area contributed by atoms with Crippen LogP contribution in [-0.4, -0.2) is 51.9 Å². The Morgan fingerprint density at radius 3 is 2.56 bits per heavy atom. The molecule has 0 saturated carbocycles. The van der Waals surface area contributed by atoms with Gasteiger partial charge in [-0.25, -0.2) is 4.68 Å². The van der Waals surface area contributed by atoms with Gasteiger partial charge in [-0.05, 0) is 57.4 Å². The van der Waals surface area contributed by atoms with E-state index in [9.17, 15) is 4.79 Å². The van der Waals surface area contributed by atoms with Gasteiger partial charge >= 0.3 is 0 Å². The van der Waals surface area contributed by atoms with Crippen LogP contribution < -0.4 is 10.1 Å². The number of ether oxygens (including phenoxy) is 1. The molecule has 1 N–H and O–H groups in total. The Hall–Kier alpha value is -2.19. The molecule has 25 heavy (non-hydrogen) atoms. The molecule has 1 heterocycles. The molecule has 8 heteroatoms. The first kappa shape index (κ1) is 19.1. The highest BCUT2D eigenvalue weighted by Crippen LogP contribution is 2.20. The molecule has 0 radical (unpaired) electrons. The van der Waals surface area contributed by atoms with Gasteiger partial charge in [0.2, 0.25) is 5.91 Å². The molecule has 1 aromatic carbocycles. The van der Waals surface area contributed by atoms with Crippen LogP contribution in [0.5, 0.6) is 5.75 Å². The van der Waals surface area contributed by atoms with Crippen LogP contribution in [0.1, 0.15) is 13.8 Å². The Bertz CT molecular complexity index is 779. The zero-order chi connectivity index (χ0) is 18.6. The molecule has 0 aliphatic heterocycles. The quantitative estimate of drug-likeness (QED) is 0.763. The minimum atomic E-state index is -0.0182. The first-order chi connectivity index (χ1) is 11.8. The van der Waals surface area contributed by atoms with Crippen molar-refractivity contribution >= 4 is 18.1 Å². The number of hydrogen-bond acceptors (Lipinski definition) is 5. The largest absolute Gasteiger partial charge is 0.497 e. The predicted octanol–water partition coefficient (Wildman–Crippen LogP) is 2.04. The fourth-order valence-corrected chi connectivity index (χ4v) is 2.65. The first-order valence-electron chi connectivity index (χ1n) is 8.08. The fourth-order valence-electron chi connectivity index (χ4n) is 2.46. The van der Waals surface area contributed by atoms with Gasteiger partial charge in [0.25, 0.3) is 0 Å². The summed E-state index contributed by atoms with van der Waals surface area (Å²) in [6.45, 7) is 4.60. The van der Waals surface area contributed by atoms with Crippen LogP contribution in [0, 0.1) is 4.77 Å². The average Bonchev–Trinajstić information content (AvgIpc) is 2.82. The smallest absolute Gasteiger partial charge is 0.234 e. The number of hydrogen-bond donors (Lipinski definition) is 1. The molecule has 136 valence electrons. The van der Waals surface area contributed by atoms with Crippen molar-refractivity contribution < 1.29 is 9.53 Å². The topological polar surface area (TPSA) is 64.3 Å². The van der Waals surface area contributed by atoms with Crippen LogP contribution in [0.2, 0.25) is 0 Å². The maximum absolute atomic E-state index is 11.9. The van der Waals surface area contributed by atoms with Crippen molar-refractivity contribution in [2.24, 2.45) is 7.05 Å². The van der Waals surface area contributed by atoms with Crippen LogP contribution in [0.15, 0.2) is 24.3 Å². The van der Waals surface area contributed by atoms with E-state index < -0.39 is 0 Å². The van der Waals surface area contributed by atoms with Gasteiger partial charge in [0, 0.05) is 18.7 Å². The Morgan fingerprint density at radius 1 is 1.36 bits per heavy atom. The molecule has 2 rings (SSSR count). The molecule has 0 unspecified atom stereocenters. The van der Waals surface area contributed by atoms with Crippen LogP contribution in [0.3, 0.4) is 0 Å². The molecule has 0 aliphatic carbocycles. The van der Waals surface area contributed by atoms with Crippen molar-refractivity contribution in [3.8, 4) is 17.1 Å². The third-order valence-electron chi connectivity index (χ3n) is 3.63. The number of likely N-dealkylation sites (N-methyl/N-ethyl adjacent to an activating group) is 1. The summed E-state index contributed by atoms with van der Waals surface area (Å²) in [5, 5.41) is 7.48. The van der Waals surface area contributed by atoms with E-state index in [-0.39, 0.29) is 18.5 Å². The lowest BCUT2D eigenvalue weighted by Gasteiger charge is -2.17. The number of benzene rings is 1. The minimum absolute atomic E-state index is 0.0182. The number of amides is 1. The Morgan fingerprint density at radius 2 is 2.00 bits per heavy atom. The predicted molar refractivity (Wildman–Crippen MR) is 99.9 cm³/mol. The minimum Gasteiger partial charge on any atom is -0.497 e. The van der Waals surface area contributed by atoms with E-state index in [0.29, 0.717) is 11.4 Å². The summed E-state index contributed by atoms with van der Waals surface area (Å²) >= 11 is 5.48. The zero-order valence-corrected chi connectivity index (χ0v) is 16.1. The number of carbonyl (C=O) groups is 1. The third kappa shape index (κ3) is 4.90. The number of aromatic nitrogens is 3. The summed E-state index contributed by atoms with van der Waals surface area (Å²) in [5.41, 5.74) is 0.952. The van der Waals surface area contributed by atoms with E-state index in [1.54, 1.807) is 11.8 Å². The summed E-state index contributed by atoms with van der Waals surface area (Å²) in [6, 6.07) is 7.79. The highest BCUT2D eigenvalue weighted by atomic mass is 32.1. The van der Waals surface area contributed by atoms with E-state index in [1.807, 2.05) is 61.7 Å². The number of nitrogens with zero attached hydrogens (tertiary/aromatic N) is 4. The van der Waals surface area contributed by atoms with Gasteiger partial charge in [0.15, 0.2) is 10.6 Å². The Labute approximate surface area is 153 Å². The maximum Gasteiger partial charge on any atom is 0.234 e. The van der Waals surface area contributed by atoms with Gasteiger partial charge in [0.05, 0.1) is 20.3 Å². The van der Waals surface area contributed by atoms with E-state index in [1.165, 1.54) is 0 Å². The van der Waals surface area contributed by atoms with Gasteiger partial charge in [0.1, 0.15) is 5.75 Å². The van der Waals surface area contributed by atoms with Crippen LogP contribution in [0.4, 0.5) is 0 Å². The molecule has 1 aromatic heterocycles. The summed E-state index contributed by atoms with van der Waals surface area (Å²) < 4.78 is 9.36. The van der Waals surface area contributed by atoms with Gasteiger partial charge in [-0.15, -0.1) is 0 Å². The van der Waals surface area contributed by atoms with Crippen LogP contribution in [0.25, 0.3) is 11.4 Å². The fraction of sp³-hybridized carbons (Fsp3) is 0.471. The normalized spacial score (nSPS) is 11.2. The SMILES string of the molecule is COc1ccc(-c2nn(CN(C)CC(=O)NC(C)C)c(=S)n2C)cc1. The second-order valence-electron chi connectivity index (χ2n) is 6.27. The number of nitrogens with one attached hydrogen (secondary N) is 1. The van der Waals surface area contributed by atoms with Crippen molar-refractivity contribution in [3.63, 3.8) is 0 Å². The summed E-state index contributed by atoms with van der Waals surface area (Å²) in [6.07, 6.45) is 0. The maximum atomic E-state index is 11.9. The summed E-state index contributed by atoms with van der Waals surface area (Å²) in [5.74, 6) is 1.54. The Balaban J connectivity index is 2.15. The number of carbonyl (C=O) groups excluding carboxylic acids is 1. The number of methoxy groups -OCH3 is 1.